The van der Waals surface area contributed by atoms with Gasteiger partial charge in [-0.05, 0) is 35.2 Å². The lowest BCUT2D eigenvalue weighted by Gasteiger charge is -2.19. The van der Waals surface area contributed by atoms with E-state index in [1.54, 1.807) is 4.90 Å². The Morgan fingerprint density at radius 1 is 0.971 bits per heavy atom. The van der Waals surface area contributed by atoms with Gasteiger partial charge in [-0.3, -0.25) is 10.2 Å². The van der Waals surface area contributed by atoms with Crippen LogP contribution in [-0.2, 0) is 13.5 Å². The number of nitrogen functional groups attached to an aromatic ring is 1. The van der Waals surface area contributed by atoms with Gasteiger partial charge in [0.1, 0.15) is 11.7 Å². The molecule has 0 aliphatic heterocycles. The first kappa shape index (κ1) is 21.4. The lowest BCUT2D eigenvalue weighted by Crippen LogP contribution is -2.26. The van der Waals surface area contributed by atoms with Crippen molar-refractivity contribution in [3.8, 4) is 0 Å². The second-order valence-corrected chi connectivity index (χ2v) is 8.44. The molecule has 0 saturated heterocycles. The smallest absolute Gasteiger partial charge is 0.258 e. The van der Waals surface area contributed by atoms with Crippen molar-refractivity contribution in [3.05, 3.63) is 107 Å². The number of nitrogens with one attached hydrogen (secondary N) is 1. The molecule has 0 saturated carbocycles. The Morgan fingerprint density at radius 2 is 1.68 bits per heavy atom. The maximum atomic E-state index is 13.4. The topological polar surface area (TPSA) is 88.0 Å². The zero-order valence-corrected chi connectivity index (χ0v) is 19.1. The first-order valence-electron chi connectivity index (χ1n) is 11.1. The average Bonchev–Trinajstić information content (AvgIpc) is 3.17. The molecule has 0 atom stereocenters. The molecule has 0 aliphatic carbocycles. The number of benzene rings is 4. The molecule has 0 fully saturated rings. The summed E-state index contributed by atoms with van der Waals surface area (Å²) >= 11 is 0. The zero-order valence-electron chi connectivity index (χ0n) is 19.1. The maximum absolute atomic E-state index is 13.4. The van der Waals surface area contributed by atoms with Crippen LogP contribution in [-0.4, -0.2) is 28.3 Å². The SMILES string of the molecule is CN(C(=O)c1ccc2c(c1)nc(Cc1ccc(C(=N)N)cc1)n2C)c1cccc2ccccc12. The quantitative estimate of drug-likeness (QED) is 0.297. The van der Waals surface area contributed by atoms with Gasteiger partial charge in [-0.2, -0.15) is 0 Å². The summed E-state index contributed by atoms with van der Waals surface area (Å²) in [5, 5.41) is 9.68. The number of carbonyl (C=O) groups excluding carboxylic acids is 1. The van der Waals surface area contributed by atoms with Gasteiger partial charge in [-0.15, -0.1) is 0 Å². The molecule has 0 unspecified atom stereocenters. The number of amides is 1. The summed E-state index contributed by atoms with van der Waals surface area (Å²) in [4.78, 5) is 19.9. The second kappa shape index (κ2) is 8.48. The van der Waals surface area contributed by atoms with Crippen LogP contribution in [0, 0.1) is 5.41 Å². The van der Waals surface area contributed by atoms with E-state index in [4.69, 9.17) is 16.1 Å². The molecule has 4 aromatic carbocycles. The third kappa shape index (κ3) is 3.79. The third-order valence-corrected chi connectivity index (χ3v) is 6.28. The molecule has 0 bridgehead atoms. The molecule has 0 aliphatic rings. The van der Waals surface area contributed by atoms with Crippen LogP contribution in [0.3, 0.4) is 0 Å². The maximum Gasteiger partial charge on any atom is 0.258 e. The van der Waals surface area contributed by atoms with Gasteiger partial charge < -0.3 is 15.2 Å². The van der Waals surface area contributed by atoms with Crippen molar-refractivity contribution in [2.45, 2.75) is 6.42 Å². The monoisotopic (exact) mass is 447 g/mol. The molecule has 34 heavy (non-hydrogen) atoms. The fourth-order valence-electron chi connectivity index (χ4n) is 4.33. The van der Waals surface area contributed by atoms with E-state index < -0.39 is 0 Å². The highest BCUT2D eigenvalue weighted by atomic mass is 16.2. The van der Waals surface area contributed by atoms with Gasteiger partial charge in [-0.25, -0.2) is 4.98 Å². The summed E-state index contributed by atoms with van der Waals surface area (Å²) in [5.74, 6) is 0.878. The van der Waals surface area contributed by atoms with Gasteiger partial charge >= 0.3 is 0 Å². The molecule has 6 nitrogen and oxygen atoms in total. The van der Waals surface area contributed by atoms with Crippen LogP contribution in [0.15, 0.2) is 84.9 Å². The Balaban J connectivity index is 1.44. The minimum atomic E-state index is -0.0784. The summed E-state index contributed by atoms with van der Waals surface area (Å²) in [6.07, 6.45) is 0.641. The van der Waals surface area contributed by atoms with E-state index in [1.165, 1.54) is 0 Å². The largest absolute Gasteiger partial charge is 0.384 e. The van der Waals surface area contributed by atoms with Gasteiger partial charge in [0.15, 0.2) is 0 Å². The summed E-state index contributed by atoms with van der Waals surface area (Å²) in [6, 6.07) is 27.3. The van der Waals surface area contributed by atoms with Crippen LogP contribution in [0.4, 0.5) is 5.69 Å². The molecule has 5 rings (SSSR count). The minimum absolute atomic E-state index is 0.0555. The average molecular weight is 448 g/mol. The van der Waals surface area contributed by atoms with E-state index >= 15 is 0 Å². The number of fused-ring (bicyclic) bond motifs is 2. The van der Waals surface area contributed by atoms with E-state index in [2.05, 4.69) is 4.57 Å². The van der Waals surface area contributed by atoms with Crippen molar-refractivity contribution >= 4 is 39.2 Å². The number of nitrogens with two attached hydrogens (primary N) is 1. The van der Waals surface area contributed by atoms with Crippen molar-refractivity contribution in [2.24, 2.45) is 12.8 Å². The van der Waals surface area contributed by atoms with Gasteiger partial charge in [0.05, 0.1) is 16.7 Å². The lowest BCUT2D eigenvalue weighted by molar-refractivity contribution is 0.0993. The standard InChI is InChI=1S/C28H25N5O/c1-32-25-15-14-21(28(34)33(2)24-9-5-7-19-6-3-4-8-22(19)24)17-23(25)31-26(32)16-18-10-12-20(13-11-18)27(29)30/h3-15,17H,16H2,1-2H3,(H3,29,30). The number of hydrogen-bond acceptors (Lipinski definition) is 3. The number of anilines is 1. The molecule has 6 heteroatoms. The molecule has 1 aromatic heterocycles. The number of imidazole rings is 1. The second-order valence-electron chi connectivity index (χ2n) is 8.44. The predicted octanol–water partition coefficient (Wildman–Crippen LogP) is 4.88. The summed E-state index contributed by atoms with van der Waals surface area (Å²) in [6.45, 7) is 0. The van der Waals surface area contributed by atoms with Gasteiger partial charge in [0.2, 0.25) is 0 Å². The number of hydrogen-bond donors (Lipinski definition) is 2. The molecular weight excluding hydrogens is 422 g/mol. The van der Waals surface area contributed by atoms with E-state index in [1.807, 2.05) is 99.0 Å². The van der Waals surface area contributed by atoms with Crippen molar-refractivity contribution in [3.63, 3.8) is 0 Å². The van der Waals surface area contributed by atoms with Crippen LogP contribution in [0.25, 0.3) is 21.8 Å². The Hall–Kier alpha value is -4.45. The van der Waals surface area contributed by atoms with Crippen molar-refractivity contribution in [1.82, 2.24) is 9.55 Å². The molecule has 168 valence electrons. The predicted molar refractivity (Wildman–Crippen MR) is 138 cm³/mol. The number of carbonyl (C=O) groups is 1. The molecule has 5 aromatic rings. The van der Waals surface area contributed by atoms with E-state index in [0.717, 1.165) is 38.9 Å². The number of amidine groups is 1. The van der Waals surface area contributed by atoms with E-state index in [9.17, 15) is 4.79 Å². The highest BCUT2D eigenvalue weighted by Gasteiger charge is 2.18. The van der Waals surface area contributed by atoms with Gasteiger partial charge in [0.25, 0.3) is 5.91 Å². The number of rotatable bonds is 5. The van der Waals surface area contributed by atoms with E-state index in [0.29, 0.717) is 17.5 Å². The van der Waals surface area contributed by atoms with Crippen LogP contribution < -0.4 is 10.6 Å². The van der Waals surface area contributed by atoms with Crippen LogP contribution in [0.1, 0.15) is 27.3 Å². The highest BCUT2D eigenvalue weighted by molar-refractivity contribution is 6.11. The van der Waals surface area contributed by atoms with Gasteiger partial charge in [-0.1, -0.05) is 60.7 Å². The van der Waals surface area contributed by atoms with Crippen LogP contribution >= 0.6 is 0 Å². The van der Waals surface area contributed by atoms with E-state index in [-0.39, 0.29) is 11.7 Å². The molecule has 1 heterocycles. The molecular formula is C28H25N5O. The third-order valence-electron chi connectivity index (χ3n) is 6.28. The first-order chi connectivity index (χ1) is 16.4. The van der Waals surface area contributed by atoms with Gasteiger partial charge in [0, 0.05) is 37.0 Å². The van der Waals surface area contributed by atoms with Crippen LogP contribution in [0.5, 0.6) is 0 Å². The first-order valence-corrected chi connectivity index (χ1v) is 11.1. The fraction of sp³-hybridized carbons (Fsp3) is 0.107. The van der Waals surface area contributed by atoms with Crippen molar-refractivity contribution in [2.75, 3.05) is 11.9 Å². The Morgan fingerprint density at radius 3 is 2.44 bits per heavy atom. The molecule has 0 spiro atoms. The Kier molecular flexibility index (Phi) is 5.34. The summed E-state index contributed by atoms with van der Waals surface area (Å²) in [5.41, 5.74) is 10.6. The fourth-order valence-corrected chi connectivity index (χ4v) is 4.33. The van der Waals surface area contributed by atoms with Crippen molar-refractivity contribution < 1.29 is 4.79 Å². The minimum Gasteiger partial charge on any atom is -0.384 e. The summed E-state index contributed by atoms with van der Waals surface area (Å²) < 4.78 is 2.05. The van der Waals surface area contributed by atoms with Crippen molar-refractivity contribution in [1.29, 1.82) is 5.41 Å². The molecule has 1 amide bonds. The number of aryl methyl sites for hydroxylation is 1. The normalized spacial score (nSPS) is 11.1. The Bertz CT molecular complexity index is 1540. The number of aromatic nitrogens is 2. The highest BCUT2D eigenvalue weighted by Crippen LogP contribution is 2.28. The van der Waals surface area contributed by atoms with Crippen LogP contribution in [0.2, 0.25) is 0 Å². The lowest BCUT2D eigenvalue weighted by atomic mass is 10.1. The Labute approximate surface area is 197 Å². The number of nitrogens with zero attached hydrogens (tertiary/aromatic N) is 3. The molecule has 3 N–H and O–H groups in total. The zero-order chi connectivity index (χ0) is 23.8. The summed E-state index contributed by atoms with van der Waals surface area (Å²) in [7, 11) is 3.79. The molecule has 0 radical (unpaired) electrons.